The van der Waals surface area contributed by atoms with Crippen LogP contribution in [0.1, 0.15) is 37.8 Å². The van der Waals surface area contributed by atoms with Crippen molar-refractivity contribution in [2.24, 2.45) is 0 Å². The van der Waals surface area contributed by atoms with Crippen LogP contribution in [-0.4, -0.2) is 5.11 Å². The Balaban J connectivity index is 2.59. The second-order valence-electron chi connectivity index (χ2n) is 4.60. The Morgan fingerprint density at radius 2 is 1.32 bits per heavy atom. The first kappa shape index (κ1) is 13.4. The summed E-state index contributed by atoms with van der Waals surface area (Å²) in [6.45, 7) is 4.39. The van der Waals surface area contributed by atoms with E-state index in [-0.39, 0.29) is 0 Å². The molecule has 98 valence electrons. The van der Waals surface area contributed by atoms with Crippen LogP contribution >= 0.6 is 0 Å². The third-order valence-corrected chi connectivity index (χ3v) is 3.43. The number of hydrogen-bond donors (Lipinski definition) is 1. The first-order chi connectivity index (χ1) is 9.26. The van der Waals surface area contributed by atoms with E-state index >= 15 is 0 Å². The van der Waals surface area contributed by atoms with Gasteiger partial charge in [-0.25, -0.2) is 0 Å². The van der Waals surface area contributed by atoms with E-state index in [1.165, 1.54) is 22.3 Å². The standard InChI is InChI=1S/C18H20O/c1-3-14(4-2)18(15-8-6-5-7-9-15)16-10-12-17(19)13-11-16/h5-13,19H,3-4H2,1-2H3. The molecule has 2 aromatic rings. The van der Waals surface area contributed by atoms with Gasteiger partial charge in [-0.3, -0.25) is 0 Å². The number of rotatable bonds is 4. The Labute approximate surface area is 115 Å². The summed E-state index contributed by atoms with van der Waals surface area (Å²) in [5.74, 6) is 0.311. The molecule has 0 spiro atoms. The lowest BCUT2D eigenvalue weighted by atomic mass is 9.90. The molecule has 0 amide bonds. The first-order valence-electron chi connectivity index (χ1n) is 6.83. The molecule has 0 fully saturated rings. The van der Waals surface area contributed by atoms with Crippen LogP contribution in [0.15, 0.2) is 60.2 Å². The van der Waals surface area contributed by atoms with Gasteiger partial charge in [0, 0.05) is 0 Å². The van der Waals surface area contributed by atoms with E-state index in [1.54, 1.807) is 12.1 Å². The van der Waals surface area contributed by atoms with E-state index in [1.807, 2.05) is 18.2 Å². The van der Waals surface area contributed by atoms with Crippen LogP contribution in [0.3, 0.4) is 0 Å². The molecule has 0 unspecified atom stereocenters. The lowest BCUT2D eigenvalue weighted by Crippen LogP contribution is -1.93. The van der Waals surface area contributed by atoms with Crippen molar-refractivity contribution in [3.05, 3.63) is 71.3 Å². The van der Waals surface area contributed by atoms with Crippen molar-refractivity contribution in [1.82, 2.24) is 0 Å². The molecule has 0 saturated carbocycles. The van der Waals surface area contributed by atoms with Crippen molar-refractivity contribution in [2.45, 2.75) is 26.7 Å². The van der Waals surface area contributed by atoms with Gasteiger partial charge < -0.3 is 5.11 Å². The molecule has 2 aromatic carbocycles. The molecule has 1 heteroatoms. The fourth-order valence-corrected chi connectivity index (χ4v) is 2.41. The molecule has 0 atom stereocenters. The zero-order valence-electron chi connectivity index (χ0n) is 11.6. The highest BCUT2D eigenvalue weighted by molar-refractivity contribution is 5.82. The summed E-state index contributed by atoms with van der Waals surface area (Å²) in [6.07, 6.45) is 2.09. The van der Waals surface area contributed by atoms with E-state index in [4.69, 9.17) is 0 Å². The maximum absolute atomic E-state index is 9.45. The topological polar surface area (TPSA) is 20.2 Å². The quantitative estimate of drug-likeness (QED) is 0.810. The van der Waals surface area contributed by atoms with Crippen molar-refractivity contribution in [1.29, 1.82) is 0 Å². The van der Waals surface area contributed by atoms with Gasteiger partial charge in [0.2, 0.25) is 0 Å². The van der Waals surface area contributed by atoms with Gasteiger partial charge in [0.15, 0.2) is 0 Å². The molecule has 0 aliphatic rings. The van der Waals surface area contributed by atoms with Gasteiger partial charge in [-0.15, -0.1) is 0 Å². The van der Waals surface area contributed by atoms with Gasteiger partial charge in [0.05, 0.1) is 0 Å². The fourth-order valence-electron chi connectivity index (χ4n) is 2.41. The summed E-state index contributed by atoms with van der Waals surface area (Å²) in [5.41, 5.74) is 5.15. The minimum atomic E-state index is 0.311. The minimum absolute atomic E-state index is 0.311. The maximum atomic E-state index is 9.45. The molecular formula is C18H20O. The molecule has 0 aromatic heterocycles. The van der Waals surface area contributed by atoms with Crippen LogP contribution in [0, 0.1) is 0 Å². The van der Waals surface area contributed by atoms with Gasteiger partial charge in [-0.1, -0.05) is 61.9 Å². The average Bonchev–Trinajstić information content (AvgIpc) is 2.47. The summed E-state index contributed by atoms with van der Waals surface area (Å²) in [4.78, 5) is 0. The predicted molar refractivity (Wildman–Crippen MR) is 81.2 cm³/mol. The van der Waals surface area contributed by atoms with E-state index in [0.29, 0.717) is 5.75 Å². The molecular weight excluding hydrogens is 232 g/mol. The second kappa shape index (κ2) is 6.24. The molecule has 0 aliphatic carbocycles. The highest BCUT2D eigenvalue weighted by atomic mass is 16.3. The highest BCUT2D eigenvalue weighted by Crippen LogP contribution is 2.30. The van der Waals surface area contributed by atoms with Crippen LogP contribution in [0.4, 0.5) is 0 Å². The van der Waals surface area contributed by atoms with Crippen LogP contribution < -0.4 is 0 Å². The first-order valence-corrected chi connectivity index (χ1v) is 6.83. The molecule has 0 aliphatic heterocycles. The number of aromatic hydroxyl groups is 1. The van der Waals surface area contributed by atoms with Gasteiger partial charge in [-0.05, 0) is 41.7 Å². The lowest BCUT2D eigenvalue weighted by Gasteiger charge is -2.14. The second-order valence-corrected chi connectivity index (χ2v) is 4.60. The van der Waals surface area contributed by atoms with Gasteiger partial charge in [-0.2, -0.15) is 0 Å². The number of benzene rings is 2. The van der Waals surface area contributed by atoms with E-state index in [0.717, 1.165) is 12.8 Å². The lowest BCUT2D eigenvalue weighted by molar-refractivity contribution is 0.475. The number of phenols is 1. The van der Waals surface area contributed by atoms with Crippen molar-refractivity contribution in [2.75, 3.05) is 0 Å². The van der Waals surface area contributed by atoms with Crippen LogP contribution in [0.25, 0.3) is 5.57 Å². The van der Waals surface area contributed by atoms with Crippen LogP contribution in [0.5, 0.6) is 5.75 Å². The van der Waals surface area contributed by atoms with E-state index in [2.05, 4.69) is 38.1 Å². The number of hydrogen-bond acceptors (Lipinski definition) is 1. The summed E-state index contributed by atoms with van der Waals surface area (Å²) in [5, 5.41) is 9.45. The zero-order chi connectivity index (χ0) is 13.7. The largest absolute Gasteiger partial charge is 0.508 e. The monoisotopic (exact) mass is 252 g/mol. The highest BCUT2D eigenvalue weighted by Gasteiger charge is 2.09. The molecule has 2 rings (SSSR count). The summed E-state index contributed by atoms with van der Waals surface area (Å²) < 4.78 is 0. The van der Waals surface area contributed by atoms with Gasteiger partial charge in [0.1, 0.15) is 5.75 Å². The Kier molecular flexibility index (Phi) is 4.40. The Hall–Kier alpha value is -2.02. The molecule has 19 heavy (non-hydrogen) atoms. The van der Waals surface area contributed by atoms with Crippen molar-refractivity contribution < 1.29 is 5.11 Å². The smallest absolute Gasteiger partial charge is 0.115 e. The predicted octanol–water partition coefficient (Wildman–Crippen LogP) is 5.01. The van der Waals surface area contributed by atoms with Crippen molar-refractivity contribution in [3.63, 3.8) is 0 Å². The molecule has 1 N–H and O–H groups in total. The van der Waals surface area contributed by atoms with Gasteiger partial charge in [0.25, 0.3) is 0 Å². The molecule has 0 saturated heterocycles. The van der Waals surface area contributed by atoms with E-state index in [9.17, 15) is 5.11 Å². The van der Waals surface area contributed by atoms with Crippen molar-refractivity contribution in [3.8, 4) is 5.75 Å². The molecule has 0 heterocycles. The normalized spacial score (nSPS) is 10.2. The third kappa shape index (κ3) is 3.05. The Morgan fingerprint density at radius 1 is 0.789 bits per heavy atom. The molecule has 0 radical (unpaired) electrons. The summed E-state index contributed by atoms with van der Waals surface area (Å²) >= 11 is 0. The zero-order valence-corrected chi connectivity index (χ0v) is 11.6. The maximum Gasteiger partial charge on any atom is 0.115 e. The molecule has 1 nitrogen and oxygen atoms in total. The van der Waals surface area contributed by atoms with Crippen molar-refractivity contribution >= 4 is 5.57 Å². The van der Waals surface area contributed by atoms with Crippen LogP contribution in [-0.2, 0) is 0 Å². The van der Waals surface area contributed by atoms with Gasteiger partial charge >= 0.3 is 0 Å². The minimum Gasteiger partial charge on any atom is -0.508 e. The Morgan fingerprint density at radius 3 is 1.84 bits per heavy atom. The number of phenolic OH excluding ortho intramolecular Hbond substituents is 1. The fraction of sp³-hybridized carbons (Fsp3) is 0.222. The SMILES string of the molecule is CCC(CC)=C(c1ccccc1)c1ccc(O)cc1. The van der Waals surface area contributed by atoms with Crippen LogP contribution in [0.2, 0.25) is 0 Å². The average molecular weight is 252 g/mol. The summed E-state index contributed by atoms with van der Waals surface area (Å²) in [7, 11) is 0. The number of allylic oxidation sites excluding steroid dienone is 1. The Bertz CT molecular complexity index is 544. The third-order valence-electron chi connectivity index (χ3n) is 3.43. The molecule has 0 bridgehead atoms. The van der Waals surface area contributed by atoms with E-state index < -0.39 is 0 Å². The summed E-state index contributed by atoms with van der Waals surface area (Å²) in [6, 6.07) is 17.9.